The van der Waals surface area contributed by atoms with Gasteiger partial charge in [-0.05, 0) is 47.4 Å². The minimum Gasteiger partial charge on any atom is -0.399 e. The highest BCUT2D eigenvalue weighted by molar-refractivity contribution is 7.92. The van der Waals surface area contributed by atoms with Crippen LogP contribution in [0.4, 0.5) is 11.4 Å². The van der Waals surface area contributed by atoms with Crippen molar-refractivity contribution in [3.05, 3.63) is 54.1 Å². The fourth-order valence-corrected chi connectivity index (χ4v) is 2.96. The minimum atomic E-state index is -3.58. The van der Waals surface area contributed by atoms with E-state index in [1.807, 2.05) is 12.1 Å². The van der Waals surface area contributed by atoms with E-state index in [1.54, 1.807) is 36.4 Å². The molecule has 0 heterocycles. The lowest BCUT2D eigenvalue weighted by Gasteiger charge is -2.19. The lowest BCUT2D eigenvalue weighted by Crippen LogP contribution is -2.14. The van der Waals surface area contributed by atoms with E-state index >= 15 is 0 Å². The molecule has 2 aromatic rings. The summed E-state index contributed by atoms with van der Waals surface area (Å²) in [4.78, 5) is 0.243. The molecule has 0 saturated carbocycles. The minimum absolute atomic E-state index is 0.00726. The Balaban J connectivity index is 2.25. The third-order valence-electron chi connectivity index (χ3n) is 3.19. The Morgan fingerprint density at radius 3 is 1.90 bits per heavy atom. The van der Waals surface area contributed by atoms with Crippen LogP contribution in [0.2, 0.25) is 0 Å². The van der Waals surface area contributed by atoms with Gasteiger partial charge in [-0.1, -0.05) is 32.9 Å². The number of benzene rings is 2. The van der Waals surface area contributed by atoms with Gasteiger partial charge in [0, 0.05) is 11.4 Å². The molecule has 2 aromatic carbocycles. The third kappa shape index (κ3) is 3.76. The predicted molar refractivity (Wildman–Crippen MR) is 86.8 cm³/mol. The smallest absolute Gasteiger partial charge is 0.261 e. The number of hydrogen-bond acceptors (Lipinski definition) is 3. The first-order valence-electron chi connectivity index (χ1n) is 6.67. The molecule has 0 aliphatic heterocycles. The van der Waals surface area contributed by atoms with Crippen LogP contribution in [-0.2, 0) is 15.4 Å². The van der Waals surface area contributed by atoms with Crippen molar-refractivity contribution in [3.63, 3.8) is 0 Å². The third-order valence-corrected chi connectivity index (χ3v) is 4.59. The van der Waals surface area contributed by atoms with Crippen LogP contribution in [0.5, 0.6) is 0 Å². The van der Waals surface area contributed by atoms with E-state index in [0.717, 1.165) is 5.56 Å². The summed E-state index contributed by atoms with van der Waals surface area (Å²) in [5, 5.41) is 0. The van der Waals surface area contributed by atoms with Crippen molar-refractivity contribution in [1.29, 1.82) is 0 Å². The van der Waals surface area contributed by atoms with E-state index in [9.17, 15) is 8.42 Å². The first-order chi connectivity index (χ1) is 9.68. The molecule has 5 heteroatoms. The quantitative estimate of drug-likeness (QED) is 0.854. The van der Waals surface area contributed by atoms with Gasteiger partial charge >= 0.3 is 0 Å². The SMILES string of the molecule is CC(C)(C)c1ccc(S(=O)(=O)Nc2ccc(N)cc2)cc1. The van der Waals surface area contributed by atoms with Crippen molar-refractivity contribution in [2.24, 2.45) is 0 Å². The van der Waals surface area contributed by atoms with E-state index in [2.05, 4.69) is 25.5 Å². The standard InChI is InChI=1S/C16H20N2O2S/c1-16(2,3)12-4-10-15(11-5-12)21(19,20)18-14-8-6-13(17)7-9-14/h4-11,18H,17H2,1-3H3. The second kappa shape index (κ2) is 5.41. The zero-order valence-electron chi connectivity index (χ0n) is 12.4. The van der Waals surface area contributed by atoms with Crippen LogP contribution in [0.3, 0.4) is 0 Å². The summed E-state index contributed by atoms with van der Waals surface area (Å²) in [5.74, 6) is 0. The van der Waals surface area contributed by atoms with Gasteiger partial charge in [-0.3, -0.25) is 4.72 Å². The molecule has 0 amide bonds. The summed E-state index contributed by atoms with van der Waals surface area (Å²) in [5.41, 5.74) is 7.75. The van der Waals surface area contributed by atoms with Gasteiger partial charge in [0.2, 0.25) is 0 Å². The Labute approximate surface area is 126 Å². The Kier molecular flexibility index (Phi) is 3.96. The lowest BCUT2D eigenvalue weighted by atomic mass is 9.87. The lowest BCUT2D eigenvalue weighted by molar-refractivity contribution is 0.587. The van der Waals surface area contributed by atoms with Crippen molar-refractivity contribution in [1.82, 2.24) is 0 Å². The topological polar surface area (TPSA) is 72.2 Å². The molecule has 0 aromatic heterocycles. The highest BCUT2D eigenvalue weighted by atomic mass is 32.2. The maximum Gasteiger partial charge on any atom is 0.261 e. The van der Waals surface area contributed by atoms with Crippen LogP contribution in [0.25, 0.3) is 0 Å². The fraction of sp³-hybridized carbons (Fsp3) is 0.250. The molecule has 4 nitrogen and oxygen atoms in total. The van der Waals surface area contributed by atoms with Gasteiger partial charge in [-0.25, -0.2) is 8.42 Å². The zero-order valence-corrected chi connectivity index (χ0v) is 13.2. The van der Waals surface area contributed by atoms with Gasteiger partial charge in [0.25, 0.3) is 10.0 Å². The number of hydrogen-bond donors (Lipinski definition) is 2. The molecule has 2 rings (SSSR count). The van der Waals surface area contributed by atoms with E-state index < -0.39 is 10.0 Å². The second-order valence-electron chi connectivity index (χ2n) is 6.00. The highest BCUT2D eigenvalue weighted by Gasteiger charge is 2.17. The molecule has 0 unspecified atom stereocenters. The van der Waals surface area contributed by atoms with Crippen molar-refractivity contribution in [2.45, 2.75) is 31.1 Å². The predicted octanol–water partition coefficient (Wildman–Crippen LogP) is 3.37. The van der Waals surface area contributed by atoms with Gasteiger partial charge < -0.3 is 5.73 Å². The Morgan fingerprint density at radius 2 is 1.43 bits per heavy atom. The van der Waals surface area contributed by atoms with E-state index in [-0.39, 0.29) is 10.3 Å². The first-order valence-corrected chi connectivity index (χ1v) is 8.16. The highest BCUT2D eigenvalue weighted by Crippen LogP contribution is 2.24. The Bertz CT molecular complexity index is 712. The average molecular weight is 304 g/mol. The van der Waals surface area contributed by atoms with Gasteiger partial charge in [-0.15, -0.1) is 0 Å². The summed E-state index contributed by atoms with van der Waals surface area (Å²) in [7, 11) is -3.58. The molecule has 21 heavy (non-hydrogen) atoms. The van der Waals surface area contributed by atoms with Crippen molar-refractivity contribution >= 4 is 21.4 Å². The van der Waals surface area contributed by atoms with E-state index in [1.165, 1.54) is 0 Å². The van der Waals surface area contributed by atoms with Crippen LogP contribution in [0, 0.1) is 0 Å². The maximum absolute atomic E-state index is 12.3. The fourth-order valence-electron chi connectivity index (χ4n) is 1.90. The molecule has 0 radical (unpaired) electrons. The molecule has 0 saturated heterocycles. The van der Waals surface area contributed by atoms with E-state index in [4.69, 9.17) is 5.73 Å². The first kappa shape index (κ1) is 15.4. The largest absolute Gasteiger partial charge is 0.399 e. The molecule has 3 N–H and O–H groups in total. The molecule has 0 spiro atoms. The van der Waals surface area contributed by atoms with Gasteiger partial charge in [0.05, 0.1) is 4.90 Å². The van der Waals surface area contributed by atoms with Gasteiger partial charge in [0.15, 0.2) is 0 Å². The van der Waals surface area contributed by atoms with Crippen LogP contribution in [0.15, 0.2) is 53.4 Å². The average Bonchev–Trinajstić information content (AvgIpc) is 2.40. The summed E-state index contributed by atoms with van der Waals surface area (Å²) in [6.45, 7) is 6.26. The number of sulfonamides is 1. The van der Waals surface area contributed by atoms with E-state index in [0.29, 0.717) is 11.4 Å². The van der Waals surface area contributed by atoms with Crippen LogP contribution in [0.1, 0.15) is 26.3 Å². The molecule has 112 valence electrons. The monoisotopic (exact) mass is 304 g/mol. The van der Waals surface area contributed by atoms with Gasteiger partial charge in [0.1, 0.15) is 0 Å². The molecular weight excluding hydrogens is 284 g/mol. The number of rotatable bonds is 3. The van der Waals surface area contributed by atoms with Crippen LogP contribution in [-0.4, -0.2) is 8.42 Å². The summed E-state index contributed by atoms with van der Waals surface area (Å²) in [6.07, 6.45) is 0. The Morgan fingerprint density at radius 1 is 0.905 bits per heavy atom. The summed E-state index contributed by atoms with van der Waals surface area (Å²) in [6, 6.07) is 13.5. The zero-order chi connectivity index (χ0) is 15.7. The van der Waals surface area contributed by atoms with Crippen molar-refractivity contribution in [2.75, 3.05) is 10.5 Å². The Hall–Kier alpha value is -2.01. The molecule has 0 bridgehead atoms. The van der Waals surface area contributed by atoms with Crippen LogP contribution >= 0.6 is 0 Å². The van der Waals surface area contributed by atoms with Crippen molar-refractivity contribution in [3.8, 4) is 0 Å². The molecule has 0 fully saturated rings. The molecule has 0 aliphatic carbocycles. The molecular formula is C16H20N2O2S. The van der Waals surface area contributed by atoms with Crippen molar-refractivity contribution < 1.29 is 8.42 Å². The second-order valence-corrected chi connectivity index (χ2v) is 7.68. The normalized spacial score (nSPS) is 12.1. The molecule has 0 aliphatic rings. The number of anilines is 2. The molecule has 0 atom stereocenters. The number of nitrogens with one attached hydrogen (secondary N) is 1. The number of nitrogens with two attached hydrogens (primary N) is 1. The summed E-state index contributed by atoms with van der Waals surface area (Å²) >= 11 is 0. The van der Waals surface area contributed by atoms with Gasteiger partial charge in [-0.2, -0.15) is 0 Å². The maximum atomic E-state index is 12.3. The van der Waals surface area contributed by atoms with Crippen LogP contribution < -0.4 is 10.5 Å². The summed E-state index contributed by atoms with van der Waals surface area (Å²) < 4.78 is 27.1. The number of nitrogen functional groups attached to an aromatic ring is 1.